The molecular formula is C17H30N2O. The van der Waals surface area contributed by atoms with Crippen molar-refractivity contribution in [2.45, 2.75) is 58.4 Å². The third-order valence-corrected chi connectivity index (χ3v) is 5.75. The summed E-state index contributed by atoms with van der Waals surface area (Å²) >= 11 is 0. The molecule has 1 heterocycles. The number of hydrogen-bond donors (Lipinski definition) is 0. The molecule has 1 saturated heterocycles. The second-order valence-corrected chi connectivity index (χ2v) is 7.45. The molecule has 3 aliphatic rings. The smallest absolute Gasteiger partial charge is 0.225 e. The van der Waals surface area contributed by atoms with Crippen LogP contribution in [-0.2, 0) is 4.79 Å². The van der Waals surface area contributed by atoms with Crippen LogP contribution >= 0.6 is 0 Å². The van der Waals surface area contributed by atoms with E-state index in [0.717, 1.165) is 56.9 Å². The Morgan fingerprint density at radius 2 is 1.50 bits per heavy atom. The average molecular weight is 278 g/mol. The molecule has 2 aliphatic carbocycles. The van der Waals surface area contributed by atoms with Crippen LogP contribution in [0.15, 0.2) is 0 Å². The summed E-state index contributed by atoms with van der Waals surface area (Å²) in [6.07, 6.45) is 7.84. The van der Waals surface area contributed by atoms with Gasteiger partial charge in [0.15, 0.2) is 0 Å². The van der Waals surface area contributed by atoms with E-state index in [2.05, 4.69) is 23.6 Å². The van der Waals surface area contributed by atoms with Gasteiger partial charge < -0.3 is 4.90 Å². The van der Waals surface area contributed by atoms with Crippen molar-refractivity contribution in [2.75, 3.05) is 26.2 Å². The minimum Gasteiger partial charge on any atom is -0.340 e. The molecule has 0 aromatic rings. The Morgan fingerprint density at radius 3 is 2.00 bits per heavy atom. The highest BCUT2D eigenvalue weighted by Crippen LogP contribution is 2.34. The SMILES string of the molecule is CC(C)C1CCC(N2CCN(C(=O)C3CC3)CC2)CC1. The summed E-state index contributed by atoms with van der Waals surface area (Å²) in [5.41, 5.74) is 0. The largest absolute Gasteiger partial charge is 0.340 e. The van der Waals surface area contributed by atoms with E-state index in [-0.39, 0.29) is 0 Å². The lowest BCUT2D eigenvalue weighted by Crippen LogP contribution is -2.53. The first-order valence-corrected chi connectivity index (χ1v) is 8.68. The lowest BCUT2D eigenvalue weighted by molar-refractivity contribution is -0.134. The zero-order valence-corrected chi connectivity index (χ0v) is 13.2. The van der Waals surface area contributed by atoms with Crippen molar-refractivity contribution in [3.63, 3.8) is 0 Å². The lowest BCUT2D eigenvalue weighted by Gasteiger charge is -2.42. The molecule has 3 heteroatoms. The third-order valence-electron chi connectivity index (χ3n) is 5.75. The Morgan fingerprint density at radius 1 is 0.900 bits per heavy atom. The van der Waals surface area contributed by atoms with Crippen molar-refractivity contribution in [2.24, 2.45) is 17.8 Å². The molecule has 1 aliphatic heterocycles. The highest BCUT2D eigenvalue weighted by Gasteiger charge is 2.36. The minimum atomic E-state index is 0.392. The minimum absolute atomic E-state index is 0.392. The first kappa shape index (κ1) is 14.4. The summed E-state index contributed by atoms with van der Waals surface area (Å²) in [7, 11) is 0. The Labute approximate surface area is 123 Å². The molecule has 0 unspecified atom stereocenters. The van der Waals surface area contributed by atoms with E-state index in [1.165, 1.54) is 25.7 Å². The molecule has 0 aromatic carbocycles. The molecule has 0 atom stereocenters. The Balaban J connectivity index is 1.43. The van der Waals surface area contributed by atoms with Crippen LogP contribution in [-0.4, -0.2) is 47.9 Å². The van der Waals surface area contributed by atoms with E-state index in [1.54, 1.807) is 0 Å². The molecule has 3 nitrogen and oxygen atoms in total. The highest BCUT2D eigenvalue weighted by atomic mass is 16.2. The fourth-order valence-electron chi connectivity index (χ4n) is 4.03. The van der Waals surface area contributed by atoms with Gasteiger partial charge in [0.25, 0.3) is 0 Å². The monoisotopic (exact) mass is 278 g/mol. The van der Waals surface area contributed by atoms with Gasteiger partial charge >= 0.3 is 0 Å². The van der Waals surface area contributed by atoms with E-state index in [1.807, 2.05) is 0 Å². The van der Waals surface area contributed by atoms with Gasteiger partial charge in [-0.1, -0.05) is 13.8 Å². The summed E-state index contributed by atoms with van der Waals surface area (Å²) in [5, 5.41) is 0. The van der Waals surface area contributed by atoms with Crippen LogP contribution in [0.3, 0.4) is 0 Å². The van der Waals surface area contributed by atoms with Crippen LogP contribution in [0.25, 0.3) is 0 Å². The normalized spacial score (nSPS) is 32.6. The predicted molar refractivity (Wildman–Crippen MR) is 81.5 cm³/mol. The topological polar surface area (TPSA) is 23.6 Å². The van der Waals surface area contributed by atoms with Crippen molar-refractivity contribution >= 4 is 5.91 Å². The molecule has 0 aromatic heterocycles. The zero-order chi connectivity index (χ0) is 14.1. The number of carbonyl (C=O) groups excluding carboxylic acids is 1. The van der Waals surface area contributed by atoms with Crippen molar-refractivity contribution in [3.8, 4) is 0 Å². The van der Waals surface area contributed by atoms with Gasteiger partial charge in [-0.2, -0.15) is 0 Å². The third kappa shape index (κ3) is 3.19. The average Bonchev–Trinajstić information content (AvgIpc) is 3.31. The molecule has 0 spiro atoms. The summed E-state index contributed by atoms with van der Waals surface area (Å²) in [6, 6.07) is 0.795. The molecule has 0 radical (unpaired) electrons. The highest BCUT2D eigenvalue weighted by molar-refractivity contribution is 5.81. The van der Waals surface area contributed by atoms with Crippen LogP contribution in [0.5, 0.6) is 0 Å². The van der Waals surface area contributed by atoms with Gasteiger partial charge in [0.05, 0.1) is 0 Å². The summed E-state index contributed by atoms with van der Waals surface area (Å²) in [5.74, 6) is 2.63. The Hall–Kier alpha value is -0.570. The van der Waals surface area contributed by atoms with Gasteiger partial charge in [0, 0.05) is 38.1 Å². The van der Waals surface area contributed by atoms with Gasteiger partial charge in [-0.05, 0) is 50.4 Å². The molecule has 2 saturated carbocycles. The number of carbonyl (C=O) groups is 1. The number of amides is 1. The second-order valence-electron chi connectivity index (χ2n) is 7.45. The van der Waals surface area contributed by atoms with Crippen LogP contribution in [0.1, 0.15) is 52.4 Å². The fraction of sp³-hybridized carbons (Fsp3) is 0.941. The zero-order valence-electron chi connectivity index (χ0n) is 13.2. The van der Waals surface area contributed by atoms with Gasteiger partial charge in [0.1, 0.15) is 0 Å². The van der Waals surface area contributed by atoms with Crippen molar-refractivity contribution in [3.05, 3.63) is 0 Å². The van der Waals surface area contributed by atoms with Gasteiger partial charge in [-0.3, -0.25) is 9.69 Å². The number of rotatable bonds is 3. The first-order valence-electron chi connectivity index (χ1n) is 8.68. The lowest BCUT2D eigenvalue weighted by atomic mass is 9.79. The van der Waals surface area contributed by atoms with Crippen molar-refractivity contribution in [1.29, 1.82) is 0 Å². The van der Waals surface area contributed by atoms with Crippen molar-refractivity contribution < 1.29 is 4.79 Å². The fourth-order valence-corrected chi connectivity index (χ4v) is 4.03. The van der Waals surface area contributed by atoms with E-state index >= 15 is 0 Å². The van der Waals surface area contributed by atoms with E-state index < -0.39 is 0 Å². The van der Waals surface area contributed by atoms with Crippen LogP contribution < -0.4 is 0 Å². The maximum absolute atomic E-state index is 12.1. The second kappa shape index (κ2) is 6.05. The maximum Gasteiger partial charge on any atom is 0.225 e. The number of nitrogens with zero attached hydrogens (tertiary/aromatic N) is 2. The predicted octanol–water partition coefficient (Wildman–Crippen LogP) is 2.76. The molecule has 20 heavy (non-hydrogen) atoms. The molecule has 3 fully saturated rings. The van der Waals surface area contributed by atoms with E-state index in [4.69, 9.17) is 0 Å². The quantitative estimate of drug-likeness (QED) is 0.792. The van der Waals surface area contributed by atoms with Crippen LogP contribution in [0.2, 0.25) is 0 Å². The molecule has 0 N–H and O–H groups in total. The van der Waals surface area contributed by atoms with E-state index in [9.17, 15) is 4.79 Å². The van der Waals surface area contributed by atoms with Crippen LogP contribution in [0.4, 0.5) is 0 Å². The molecule has 0 bridgehead atoms. The van der Waals surface area contributed by atoms with Crippen molar-refractivity contribution in [1.82, 2.24) is 9.80 Å². The molecule has 3 rings (SSSR count). The standard InChI is InChI=1S/C17H30N2O/c1-13(2)14-5-7-16(8-6-14)18-9-11-19(12-10-18)17(20)15-3-4-15/h13-16H,3-12H2,1-2H3. The van der Waals surface area contributed by atoms with E-state index in [0.29, 0.717) is 11.8 Å². The number of hydrogen-bond acceptors (Lipinski definition) is 2. The molecule has 114 valence electrons. The van der Waals surface area contributed by atoms with Gasteiger partial charge in [-0.15, -0.1) is 0 Å². The Bertz CT molecular complexity index is 335. The number of piperazine rings is 1. The Kier molecular flexibility index (Phi) is 4.34. The van der Waals surface area contributed by atoms with Gasteiger partial charge in [0.2, 0.25) is 5.91 Å². The summed E-state index contributed by atoms with van der Waals surface area (Å²) in [6.45, 7) is 8.89. The first-order chi connectivity index (χ1) is 9.65. The maximum atomic E-state index is 12.1. The molecular weight excluding hydrogens is 248 g/mol. The van der Waals surface area contributed by atoms with Gasteiger partial charge in [-0.25, -0.2) is 0 Å². The summed E-state index contributed by atoms with van der Waals surface area (Å²) < 4.78 is 0. The van der Waals surface area contributed by atoms with Crippen LogP contribution in [0, 0.1) is 17.8 Å². The summed E-state index contributed by atoms with van der Waals surface area (Å²) in [4.78, 5) is 16.8. The molecule has 1 amide bonds.